The third-order valence-electron chi connectivity index (χ3n) is 2.82. The topological polar surface area (TPSA) is 43.1 Å². The molecule has 0 amide bonds. The van der Waals surface area contributed by atoms with Crippen molar-refractivity contribution in [1.29, 1.82) is 0 Å². The van der Waals surface area contributed by atoms with Gasteiger partial charge in [0.15, 0.2) is 5.78 Å². The molecule has 2 aromatic rings. The maximum atomic E-state index is 11.9. The van der Waals surface area contributed by atoms with Gasteiger partial charge >= 0.3 is 0 Å². The molecule has 0 aliphatic carbocycles. The minimum atomic E-state index is 0.0413. The molecule has 0 aliphatic rings. The highest BCUT2D eigenvalue weighted by atomic mass is 16.1. The predicted octanol–water partition coefficient (Wildman–Crippen LogP) is 2.88. The zero-order valence-corrected chi connectivity index (χ0v) is 10.8. The molecule has 0 heterocycles. The molecule has 0 spiro atoms. The largest absolute Gasteiger partial charge is 0.402 e. The first-order chi connectivity index (χ1) is 9.24. The number of carbonyl (C=O) groups is 1. The third kappa shape index (κ3) is 4.43. The zero-order valence-electron chi connectivity index (χ0n) is 10.8. The molecular weight excluding hydrogens is 234 g/mol. The van der Waals surface area contributed by atoms with Crippen LogP contribution in [0.2, 0.25) is 0 Å². The van der Waals surface area contributed by atoms with Crippen molar-refractivity contribution in [2.75, 3.05) is 0 Å². The van der Waals surface area contributed by atoms with Crippen molar-refractivity contribution >= 4 is 5.78 Å². The minimum absolute atomic E-state index is 0.0413. The highest BCUT2D eigenvalue weighted by Gasteiger charge is 2.02. The maximum Gasteiger partial charge on any atom is 0.161 e. The van der Waals surface area contributed by atoms with Gasteiger partial charge in [0.25, 0.3) is 0 Å². The molecule has 19 heavy (non-hydrogen) atoms. The van der Waals surface area contributed by atoms with Crippen LogP contribution in [0.15, 0.2) is 72.4 Å². The Bertz CT molecular complexity index is 558. The zero-order chi connectivity index (χ0) is 13.5. The molecule has 0 unspecified atom stereocenters. The molecule has 0 aromatic heterocycles. The molecule has 0 aliphatic heterocycles. The van der Waals surface area contributed by atoms with Crippen LogP contribution in [0.3, 0.4) is 0 Å². The Labute approximate surface area is 113 Å². The van der Waals surface area contributed by atoms with Crippen LogP contribution in [0.1, 0.15) is 11.1 Å². The van der Waals surface area contributed by atoms with Gasteiger partial charge in [-0.3, -0.25) is 4.79 Å². The van der Waals surface area contributed by atoms with E-state index in [0.29, 0.717) is 18.5 Å². The minimum Gasteiger partial charge on any atom is -0.402 e. The molecule has 0 atom stereocenters. The van der Waals surface area contributed by atoms with Gasteiger partial charge in [-0.25, -0.2) is 0 Å². The molecule has 96 valence electrons. The first-order valence-electron chi connectivity index (χ1n) is 6.31. The Kier molecular flexibility index (Phi) is 4.51. The number of hydrogen-bond donors (Lipinski definition) is 1. The van der Waals surface area contributed by atoms with Crippen LogP contribution in [-0.4, -0.2) is 5.78 Å². The lowest BCUT2D eigenvalue weighted by atomic mass is 10.1. The van der Waals surface area contributed by atoms with Crippen LogP contribution >= 0.6 is 0 Å². The lowest BCUT2D eigenvalue weighted by molar-refractivity contribution is -0.114. The molecule has 2 aromatic carbocycles. The quantitative estimate of drug-likeness (QED) is 0.830. The van der Waals surface area contributed by atoms with E-state index in [1.54, 1.807) is 6.08 Å². The first kappa shape index (κ1) is 13.1. The van der Waals surface area contributed by atoms with Crippen LogP contribution in [-0.2, 0) is 17.6 Å². The summed E-state index contributed by atoms with van der Waals surface area (Å²) in [6.45, 7) is 0. The number of nitrogens with two attached hydrogens (primary N) is 1. The summed E-state index contributed by atoms with van der Waals surface area (Å²) >= 11 is 0. The summed E-state index contributed by atoms with van der Waals surface area (Å²) < 4.78 is 0. The summed E-state index contributed by atoms with van der Waals surface area (Å²) in [4.78, 5) is 11.9. The summed E-state index contributed by atoms with van der Waals surface area (Å²) in [6, 6.07) is 19.6. The van der Waals surface area contributed by atoms with Crippen LogP contribution in [0, 0.1) is 0 Å². The van der Waals surface area contributed by atoms with Gasteiger partial charge in [0.1, 0.15) is 0 Å². The standard InChI is InChI=1S/C17H17NO/c18-16(11-14-7-3-1-4-8-14)13-17(19)12-15-9-5-2-6-10-15/h1-10,13H,11-12,18H2/b16-13-. The number of rotatable bonds is 5. The van der Waals surface area contributed by atoms with Crippen LogP contribution < -0.4 is 5.73 Å². The predicted molar refractivity (Wildman–Crippen MR) is 77.6 cm³/mol. The highest BCUT2D eigenvalue weighted by molar-refractivity contribution is 5.91. The van der Waals surface area contributed by atoms with Crippen molar-refractivity contribution in [3.63, 3.8) is 0 Å². The van der Waals surface area contributed by atoms with E-state index in [9.17, 15) is 4.79 Å². The number of hydrogen-bond acceptors (Lipinski definition) is 2. The van der Waals surface area contributed by atoms with E-state index in [1.807, 2.05) is 60.7 Å². The lowest BCUT2D eigenvalue weighted by Gasteiger charge is -2.02. The number of carbonyl (C=O) groups excluding carboxylic acids is 1. The van der Waals surface area contributed by atoms with E-state index in [0.717, 1.165) is 11.1 Å². The summed E-state index contributed by atoms with van der Waals surface area (Å²) in [7, 11) is 0. The van der Waals surface area contributed by atoms with Crippen molar-refractivity contribution in [1.82, 2.24) is 0 Å². The van der Waals surface area contributed by atoms with Gasteiger partial charge in [-0.15, -0.1) is 0 Å². The average molecular weight is 251 g/mol. The fraction of sp³-hybridized carbons (Fsp3) is 0.118. The summed E-state index contributed by atoms with van der Waals surface area (Å²) in [5, 5.41) is 0. The Morgan fingerprint density at radius 1 is 0.842 bits per heavy atom. The molecule has 0 fully saturated rings. The van der Waals surface area contributed by atoms with Crippen LogP contribution in [0.25, 0.3) is 0 Å². The summed E-state index contributed by atoms with van der Waals surface area (Å²) in [6.07, 6.45) is 2.55. The molecule has 2 nitrogen and oxygen atoms in total. The molecule has 0 bridgehead atoms. The number of allylic oxidation sites excluding steroid dienone is 2. The Morgan fingerprint density at radius 3 is 1.84 bits per heavy atom. The summed E-state index contributed by atoms with van der Waals surface area (Å²) in [5.74, 6) is 0.0413. The average Bonchev–Trinajstić information content (AvgIpc) is 2.40. The second-order valence-corrected chi connectivity index (χ2v) is 4.51. The molecule has 2 rings (SSSR count). The van der Waals surface area contributed by atoms with Crippen molar-refractivity contribution in [2.24, 2.45) is 5.73 Å². The Balaban J connectivity index is 1.95. The van der Waals surface area contributed by atoms with Gasteiger partial charge < -0.3 is 5.73 Å². The number of ketones is 1. The van der Waals surface area contributed by atoms with Gasteiger partial charge in [-0.1, -0.05) is 60.7 Å². The monoisotopic (exact) mass is 251 g/mol. The van der Waals surface area contributed by atoms with Gasteiger partial charge in [0, 0.05) is 24.6 Å². The second kappa shape index (κ2) is 6.55. The lowest BCUT2D eigenvalue weighted by Crippen LogP contribution is -2.07. The van der Waals surface area contributed by atoms with E-state index in [-0.39, 0.29) is 5.78 Å². The summed E-state index contributed by atoms with van der Waals surface area (Å²) in [5.41, 5.74) is 8.63. The molecule has 2 heteroatoms. The maximum absolute atomic E-state index is 11.9. The van der Waals surface area contributed by atoms with E-state index in [4.69, 9.17) is 5.73 Å². The van der Waals surface area contributed by atoms with Gasteiger partial charge in [-0.2, -0.15) is 0 Å². The van der Waals surface area contributed by atoms with Crippen molar-refractivity contribution in [3.8, 4) is 0 Å². The molecule has 0 radical (unpaired) electrons. The van der Waals surface area contributed by atoms with Gasteiger partial charge in [0.05, 0.1) is 0 Å². The Hall–Kier alpha value is -2.35. The fourth-order valence-electron chi connectivity index (χ4n) is 1.94. The van der Waals surface area contributed by atoms with Crippen molar-refractivity contribution < 1.29 is 4.79 Å². The SMILES string of the molecule is N/C(=C\C(=O)Cc1ccccc1)Cc1ccccc1. The van der Waals surface area contributed by atoms with Crippen molar-refractivity contribution in [2.45, 2.75) is 12.8 Å². The Morgan fingerprint density at radius 2 is 1.32 bits per heavy atom. The normalized spacial score (nSPS) is 11.3. The third-order valence-corrected chi connectivity index (χ3v) is 2.82. The fourth-order valence-corrected chi connectivity index (χ4v) is 1.94. The number of benzene rings is 2. The van der Waals surface area contributed by atoms with E-state index in [1.165, 1.54) is 0 Å². The van der Waals surface area contributed by atoms with Gasteiger partial charge in [0.2, 0.25) is 0 Å². The molecule has 2 N–H and O–H groups in total. The molecular formula is C17H17NO. The first-order valence-corrected chi connectivity index (χ1v) is 6.31. The van der Waals surface area contributed by atoms with E-state index < -0.39 is 0 Å². The van der Waals surface area contributed by atoms with E-state index >= 15 is 0 Å². The van der Waals surface area contributed by atoms with Crippen LogP contribution in [0.4, 0.5) is 0 Å². The highest BCUT2D eigenvalue weighted by Crippen LogP contribution is 2.05. The van der Waals surface area contributed by atoms with E-state index in [2.05, 4.69) is 0 Å². The second-order valence-electron chi connectivity index (χ2n) is 4.51. The van der Waals surface area contributed by atoms with Crippen molar-refractivity contribution in [3.05, 3.63) is 83.6 Å². The smallest absolute Gasteiger partial charge is 0.161 e. The molecule has 0 saturated heterocycles. The van der Waals surface area contributed by atoms with Gasteiger partial charge in [-0.05, 0) is 11.1 Å². The molecule has 0 saturated carbocycles. The van der Waals surface area contributed by atoms with Crippen LogP contribution in [0.5, 0.6) is 0 Å².